The van der Waals surface area contributed by atoms with Gasteiger partial charge in [0.2, 0.25) is 0 Å². The summed E-state index contributed by atoms with van der Waals surface area (Å²) in [6.45, 7) is 0.911. The van der Waals surface area contributed by atoms with Gasteiger partial charge < -0.3 is 29.6 Å². The summed E-state index contributed by atoms with van der Waals surface area (Å²) in [6, 6.07) is 14.4. The molecule has 3 rings (SSSR count). The zero-order chi connectivity index (χ0) is 19.8. The number of methoxy groups -OCH3 is 1. The van der Waals surface area contributed by atoms with Crippen molar-refractivity contribution < 1.29 is 28.5 Å². The predicted octanol–water partition coefficient (Wildman–Crippen LogP) is 1.15. The number of fused-ring (bicyclic) bond motifs is 1. The molecule has 1 atom stereocenters. The molecule has 2 amide bonds. The molecular formula is C20H22N2O6. The van der Waals surface area contributed by atoms with Gasteiger partial charge in [-0.1, -0.05) is 12.1 Å². The molecule has 1 aliphatic rings. The number of hydrogen-bond acceptors (Lipinski definition) is 6. The van der Waals surface area contributed by atoms with Crippen molar-refractivity contribution in [2.75, 3.05) is 33.4 Å². The molecule has 0 saturated heterocycles. The monoisotopic (exact) mass is 386 g/mol. The van der Waals surface area contributed by atoms with E-state index >= 15 is 0 Å². The molecule has 1 aliphatic heterocycles. The number of rotatable bonds is 7. The van der Waals surface area contributed by atoms with E-state index < -0.39 is 11.8 Å². The molecule has 0 aromatic heterocycles. The second-order valence-electron chi connectivity index (χ2n) is 5.99. The Bertz CT molecular complexity index is 809. The van der Waals surface area contributed by atoms with Crippen LogP contribution < -0.4 is 29.6 Å². The Morgan fingerprint density at radius 3 is 2.43 bits per heavy atom. The van der Waals surface area contributed by atoms with Crippen LogP contribution in [0, 0.1) is 0 Å². The first-order valence-corrected chi connectivity index (χ1v) is 8.87. The summed E-state index contributed by atoms with van der Waals surface area (Å²) in [5, 5.41) is 5.05. The molecule has 8 nitrogen and oxygen atoms in total. The summed E-state index contributed by atoms with van der Waals surface area (Å²) in [7, 11) is 1.59. The molecule has 1 heterocycles. The van der Waals surface area contributed by atoms with E-state index in [0.717, 1.165) is 5.75 Å². The molecule has 2 aromatic carbocycles. The standard InChI is InChI=1S/C20H22N2O6/c1-25-14-6-8-15(9-7-14)26-11-10-21-19(23)20(24)22-12-16-13-27-17-4-2-3-5-18(17)28-16/h2-9,16H,10-13H2,1H3,(H,21,23)(H,22,24). The maximum Gasteiger partial charge on any atom is 0.309 e. The summed E-state index contributed by atoms with van der Waals surface area (Å²) in [6.07, 6.45) is -0.356. The van der Waals surface area contributed by atoms with Gasteiger partial charge in [-0.05, 0) is 36.4 Å². The van der Waals surface area contributed by atoms with Crippen LogP contribution in [-0.4, -0.2) is 51.3 Å². The van der Waals surface area contributed by atoms with Crippen LogP contribution in [0.15, 0.2) is 48.5 Å². The summed E-state index contributed by atoms with van der Waals surface area (Å²) >= 11 is 0. The van der Waals surface area contributed by atoms with Crippen LogP contribution in [0.5, 0.6) is 23.0 Å². The molecule has 2 aromatic rings. The first kappa shape index (κ1) is 19.3. The van der Waals surface area contributed by atoms with Crippen molar-refractivity contribution in [3.05, 3.63) is 48.5 Å². The van der Waals surface area contributed by atoms with Crippen LogP contribution in [0.1, 0.15) is 0 Å². The van der Waals surface area contributed by atoms with Crippen molar-refractivity contribution >= 4 is 11.8 Å². The maximum absolute atomic E-state index is 11.9. The van der Waals surface area contributed by atoms with Crippen LogP contribution in [-0.2, 0) is 9.59 Å². The van der Waals surface area contributed by atoms with Crippen molar-refractivity contribution in [2.45, 2.75) is 6.10 Å². The lowest BCUT2D eigenvalue weighted by Crippen LogP contribution is -2.46. The summed E-state index contributed by atoms with van der Waals surface area (Å²) in [5.41, 5.74) is 0. The number of carbonyl (C=O) groups is 2. The van der Waals surface area contributed by atoms with Crippen LogP contribution in [0.3, 0.4) is 0 Å². The van der Waals surface area contributed by atoms with Crippen LogP contribution >= 0.6 is 0 Å². The fourth-order valence-electron chi connectivity index (χ4n) is 2.54. The Kier molecular flexibility index (Phi) is 6.56. The average molecular weight is 386 g/mol. The van der Waals surface area contributed by atoms with E-state index in [9.17, 15) is 9.59 Å². The topological polar surface area (TPSA) is 95.1 Å². The molecule has 148 valence electrons. The fourth-order valence-corrected chi connectivity index (χ4v) is 2.54. The highest BCUT2D eigenvalue weighted by atomic mass is 16.6. The highest BCUT2D eigenvalue weighted by Gasteiger charge is 2.22. The third-order valence-electron chi connectivity index (χ3n) is 3.98. The van der Waals surface area contributed by atoms with Crippen molar-refractivity contribution in [3.63, 3.8) is 0 Å². The van der Waals surface area contributed by atoms with Crippen LogP contribution in [0.2, 0.25) is 0 Å². The number of ether oxygens (including phenoxy) is 4. The van der Waals surface area contributed by atoms with E-state index in [1.165, 1.54) is 0 Å². The van der Waals surface area contributed by atoms with Gasteiger partial charge in [-0.2, -0.15) is 0 Å². The lowest BCUT2D eigenvalue weighted by Gasteiger charge is -2.26. The quantitative estimate of drug-likeness (QED) is 0.548. The second kappa shape index (κ2) is 9.50. The third-order valence-corrected chi connectivity index (χ3v) is 3.98. The number of amides is 2. The summed E-state index contributed by atoms with van der Waals surface area (Å²) < 4.78 is 21.8. The Hall–Kier alpha value is -3.42. The van der Waals surface area contributed by atoms with Gasteiger partial charge in [0, 0.05) is 0 Å². The molecule has 0 saturated carbocycles. The molecule has 1 unspecified atom stereocenters. The van der Waals surface area contributed by atoms with Crippen molar-refractivity contribution in [2.24, 2.45) is 0 Å². The lowest BCUT2D eigenvalue weighted by atomic mass is 10.2. The zero-order valence-electron chi connectivity index (χ0n) is 15.5. The number of para-hydroxylation sites is 2. The third kappa shape index (κ3) is 5.29. The number of hydrogen-bond donors (Lipinski definition) is 2. The minimum Gasteiger partial charge on any atom is -0.497 e. The predicted molar refractivity (Wildman–Crippen MR) is 101 cm³/mol. The van der Waals surface area contributed by atoms with Crippen LogP contribution in [0.4, 0.5) is 0 Å². The van der Waals surface area contributed by atoms with Crippen molar-refractivity contribution in [1.82, 2.24) is 10.6 Å². The van der Waals surface area contributed by atoms with Crippen molar-refractivity contribution in [1.29, 1.82) is 0 Å². The molecular weight excluding hydrogens is 364 g/mol. The SMILES string of the molecule is COc1ccc(OCCNC(=O)C(=O)NCC2COc3ccccc3O2)cc1. The molecule has 0 spiro atoms. The molecule has 0 bridgehead atoms. The van der Waals surface area contributed by atoms with Gasteiger partial charge in [0.05, 0.1) is 20.2 Å². The Labute approximate surface area is 162 Å². The largest absolute Gasteiger partial charge is 0.497 e. The maximum atomic E-state index is 11.9. The molecule has 8 heteroatoms. The van der Waals surface area contributed by atoms with E-state index in [2.05, 4.69) is 10.6 Å². The van der Waals surface area contributed by atoms with Gasteiger partial charge in [0.25, 0.3) is 0 Å². The summed E-state index contributed by atoms with van der Waals surface area (Å²) in [5.74, 6) is 1.21. The Morgan fingerprint density at radius 1 is 1.00 bits per heavy atom. The number of nitrogens with one attached hydrogen (secondary N) is 2. The fraction of sp³-hybridized carbons (Fsp3) is 0.300. The minimum absolute atomic E-state index is 0.170. The van der Waals surface area contributed by atoms with E-state index in [4.69, 9.17) is 18.9 Å². The zero-order valence-corrected chi connectivity index (χ0v) is 15.5. The van der Waals surface area contributed by atoms with E-state index in [-0.39, 0.29) is 25.8 Å². The number of carbonyl (C=O) groups excluding carboxylic acids is 2. The molecule has 0 aliphatic carbocycles. The number of benzene rings is 2. The summed E-state index contributed by atoms with van der Waals surface area (Å²) in [4.78, 5) is 23.7. The van der Waals surface area contributed by atoms with E-state index in [0.29, 0.717) is 23.9 Å². The lowest BCUT2D eigenvalue weighted by molar-refractivity contribution is -0.139. The highest BCUT2D eigenvalue weighted by molar-refractivity contribution is 6.35. The molecule has 0 fully saturated rings. The first-order chi connectivity index (χ1) is 13.7. The average Bonchev–Trinajstić information content (AvgIpc) is 2.75. The Morgan fingerprint density at radius 2 is 1.68 bits per heavy atom. The van der Waals surface area contributed by atoms with Crippen LogP contribution in [0.25, 0.3) is 0 Å². The van der Waals surface area contributed by atoms with Gasteiger partial charge in [0.1, 0.15) is 30.8 Å². The normalized spacial score (nSPS) is 14.7. The van der Waals surface area contributed by atoms with Gasteiger partial charge in [0.15, 0.2) is 11.5 Å². The Balaban J connectivity index is 1.33. The first-order valence-electron chi connectivity index (χ1n) is 8.87. The van der Waals surface area contributed by atoms with Gasteiger partial charge in [-0.15, -0.1) is 0 Å². The van der Waals surface area contributed by atoms with Gasteiger partial charge >= 0.3 is 11.8 Å². The second-order valence-corrected chi connectivity index (χ2v) is 5.99. The minimum atomic E-state index is -0.730. The highest BCUT2D eigenvalue weighted by Crippen LogP contribution is 2.30. The molecule has 0 radical (unpaired) electrons. The van der Waals surface area contributed by atoms with Gasteiger partial charge in [-0.3, -0.25) is 9.59 Å². The smallest absolute Gasteiger partial charge is 0.309 e. The van der Waals surface area contributed by atoms with Crippen molar-refractivity contribution in [3.8, 4) is 23.0 Å². The van der Waals surface area contributed by atoms with E-state index in [1.54, 1.807) is 37.4 Å². The molecule has 2 N–H and O–H groups in total. The van der Waals surface area contributed by atoms with E-state index in [1.807, 2.05) is 18.2 Å². The van der Waals surface area contributed by atoms with Gasteiger partial charge in [-0.25, -0.2) is 0 Å². The molecule has 28 heavy (non-hydrogen) atoms.